The summed E-state index contributed by atoms with van der Waals surface area (Å²) in [5.74, 6) is 0. The van der Waals surface area contributed by atoms with Crippen LogP contribution >= 0.6 is 0 Å². The molecule has 2 aliphatic heterocycles. The van der Waals surface area contributed by atoms with E-state index in [0.717, 1.165) is 44.8 Å². The van der Waals surface area contributed by atoms with Gasteiger partial charge in [-0.15, -0.1) is 0 Å². The fraction of sp³-hybridized carbons (Fsp3) is 0.0400. The Morgan fingerprint density at radius 1 is 0.613 bits per heavy atom. The second-order valence-corrected chi connectivity index (χ2v) is 7.21. The molecule has 0 unspecified atom stereocenters. The molecule has 6 heterocycles. The van der Waals surface area contributed by atoms with Crippen LogP contribution < -0.4 is 0 Å². The largest absolute Gasteiger partial charge is 0.472 e. The number of rotatable bonds is 0. The molecule has 2 N–H and O–H groups in total. The third-order valence-corrected chi connectivity index (χ3v) is 4.71. The van der Waals surface area contributed by atoms with Gasteiger partial charge < -0.3 is 14.4 Å². The van der Waals surface area contributed by atoms with Crippen LogP contribution in [0.25, 0.3) is 46.4 Å². The van der Waals surface area contributed by atoms with Crippen molar-refractivity contribution in [2.24, 2.45) is 0 Å². The first-order valence-electron chi connectivity index (χ1n) is 9.73. The molecule has 0 radical (unpaired) electrons. The van der Waals surface area contributed by atoms with Gasteiger partial charge in [0, 0.05) is 38.6 Å². The number of hydrogen-bond donors (Lipinski definition) is 2. The zero-order valence-corrected chi connectivity index (χ0v) is 17.8. The van der Waals surface area contributed by atoms with Gasteiger partial charge in [0.25, 0.3) is 0 Å². The van der Waals surface area contributed by atoms with Gasteiger partial charge in [-0.3, -0.25) is 0 Å². The van der Waals surface area contributed by atoms with E-state index in [9.17, 15) is 0 Å². The first-order chi connectivity index (χ1) is 14.7. The van der Waals surface area contributed by atoms with E-state index in [1.54, 1.807) is 12.5 Å². The number of fused-ring (bicyclic) bond motifs is 8. The molecule has 0 saturated carbocycles. The van der Waals surface area contributed by atoms with Gasteiger partial charge in [0.15, 0.2) is 0 Å². The second kappa shape index (κ2) is 9.03. The van der Waals surface area contributed by atoms with Crippen molar-refractivity contribution in [3.63, 3.8) is 0 Å². The Kier molecular flexibility index (Phi) is 6.01. The van der Waals surface area contributed by atoms with Crippen molar-refractivity contribution in [3.05, 3.63) is 95.5 Å². The summed E-state index contributed by atoms with van der Waals surface area (Å²) >= 11 is 0. The van der Waals surface area contributed by atoms with E-state index in [1.165, 1.54) is 5.56 Å². The Hall–Kier alpha value is -3.63. The predicted octanol–water partition coefficient (Wildman–Crippen LogP) is 6.24. The van der Waals surface area contributed by atoms with E-state index in [0.29, 0.717) is 0 Å². The van der Waals surface area contributed by atoms with Crippen LogP contribution in [-0.4, -0.2) is 19.9 Å². The number of nitrogens with zero attached hydrogens (tertiary/aromatic N) is 2. The van der Waals surface area contributed by atoms with Gasteiger partial charge in [0.1, 0.15) is 0 Å². The van der Waals surface area contributed by atoms with E-state index in [4.69, 9.17) is 4.42 Å². The third-order valence-electron chi connectivity index (χ3n) is 4.71. The number of aromatic amines is 2. The molecule has 0 aliphatic carbocycles. The minimum Gasteiger partial charge on any atom is -0.472 e. The molecule has 0 aromatic carbocycles. The molecule has 5 nitrogen and oxygen atoms in total. The molecule has 156 valence electrons. The molecular formula is C25H20N4NiO. The maximum atomic E-state index is 4.71. The van der Waals surface area contributed by atoms with Crippen molar-refractivity contribution in [2.75, 3.05) is 0 Å². The van der Waals surface area contributed by atoms with Crippen LogP contribution in [0.1, 0.15) is 28.3 Å². The van der Waals surface area contributed by atoms with Gasteiger partial charge in [-0.2, -0.15) is 0 Å². The van der Waals surface area contributed by atoms with Crippen molar-refractivity contribution < 1.29 is 20.9 Å². The monoisotopic (exact) mass is 450 g/mol. The molecule has 0 atom stereocenters. The Morgan fingerprint density at radius 2 is 1.06 bits per heavy atom. The smallest absolute Gasteiger partial charge is 0.0931 e. The normalized spacial score (nSPS) is 11.5. The third kappa shape index (κ3) is 5.11. The van der Waals surface area contributed by atoms with Crippen molar-refractivity contribution in [1.82, 2.24) is 19.9 Å². The van der Waals surface area contributed by atoms with Crippen molar-refractivity contribution in [1.29, 1.82) is 0 Å². The van der Waals surface area contributed by atoms with Gasteiger partial charge in [-0.1, -0.05) is 0 Å². The summed E-state index contributed by atoms with van der Waals surface area (Å²) in [5, 5.41) is 0. The number of H-pyrrole nitrogens is 2. The Bertz CT molecular complexity index is 1320. The molecule has 31 heavy (non-hydrogen) atoms. The van der Waals surface area contributed by atoms with E-state index in [1.807, 2.05) is 55.5 Å². The number of aryl methyl sites for hydroxylation is 1. The Balaban J connectivity index is 0.000000288. The molecule has 6 heteroatoms. The van der Waals surface area contributed by atoms with E-state index in [2.05, 4.69) is 50.3 Å². The molecule has 4 aromatic heterocycles. The quantitative estimate of drug-likeness (QED) is 0.269. The average molecular weight is 451 g/mol. The minimum absolute atomic E-state index is 0. The van der Waals surface area contributed by atoms with Crippen LogP contribution in [0.5, 0.6) is 0 Å². The first kappa shape index (κ1) is 20.6. The Morgan fingerprint density at radius 3 is 1.45 bits per heavy atom. The van der Waals surface area contributed by atoms with Gasteiger partial charge >= 0.3 is 0 Å². The summed E-state index contributed by atoms with van der Waals surface area (Å²) < 4.78 is 4.71. The van der Waals surface area contributed by atoms with Crippen LogP contribution in [0.2, 0.25) is 0 Å². The molecule has 2 aliphatic rings. The number of hydrogen-bond acceptors (Lipinski definition) is 3. The van der Waals surface area contributed by atoms with Crippen LogP contribution in [0.15, 0.2) is 71.5 Å². The van der Waals surface area contributed by atoms with Crippen LogP contribution in [-0.2, 0) is 16.5 Å². The summed E-state index contributed by atoms with van der Waals surface area (Å²) in [7, 11) is 0. The van der Waals surface area contributed by atoms with Crippen molar-refractivity contribution >= 4 is 46.4 Å². The van der Waals surface area contributed by atoms with Gasteiger partial charge in [-0.05, 0) is 91.4 Å². The average Bonchev–Trinajstić information content (AvgIpc) is 3.52. The minimum atomic E-state index is 0. The van der Waals surface area contributed by atoms with Gasteiger partial charge in [0.2, 0.25) is 0 Å². The van der Waals surface area contributed by atoms with E-state index < -0.39 is 0 Å². The molecule has 4 aromatic rings. The summed E-state index contributed by atoms with van der Waals surface area (Å²) in [6.07, 6.45) is 11.4. The van der Waals surface area contributed by atoms with Gasteiger partial charge in [-0.25, -0.2) is 9.97 Å². The number of nitrogens with one attached hydrogen (secondary N) is 2. The number of aromatic nitrogens is 4. The SMILES string of the molecule is C1=Cc2cc3ccc(cc4ccc(cc5nc(cc1n2)C=C5)[nH]4)[nH]3.Cc1ccoc1.[Ni]. The second-order valence-electron chi connectivity index (χ2n) is 7.21. The predicted molar refractivity (Wildman–Crippen MR) is 122 cm³/mol. The summed E-state index contributed by atoms with van der Waals surface area (Å²) in [6, 6.07) is 18.3. The van der Waals surface area contributed by atoms with Crippen molar-refractivity contribution in [2.45, 2.75) is 6.92 Å². The summed E-state index contributed by atoms with van der Waals surface area (Å²) in [4.78, 5) is 16.0. The van der Waals surface area contributed by atoms with Crippen LogP contribution in [0.3, 0.4) is 0 Å². The Labute approximate surface area is 189 Å². The van der Waals surface area contributed by atoms with Crippen LogP contribution in [0.4, 0.5) is 0 Å². The first-order valence-corrected chi connectivity index (χ1v) is 9.73. The molecule has 0 amide bonds. The molecule has 0 spiro atoms. The molecule has 0 fully saturated rings. The van der Waals surface area contributed by atoms with Crippen molar-refractivity contribution in [3.8, 4) is 0 Å². The maximum Gasteiger partial charge on any atom is 0.0931 e. The van der Waals surface area contributed by atoms with Gasteiger partial charge in [0.05, 0.1) is 35.3 Å². The molecule has 0 saturated heterocycles. The molecule has 8 bridgehead atoms. The standard InChI is InChI=1S/C20H14N4.C5H6O.Ni/c1-2-14-10-16-5-6-18(23-16)12-20-8-7-19(24-20)11-17-4-3-15(22-17)9-13(1)21-14;1-5-2-3-6-4-5;/h1-12,21-22H;2-4H,1H3;. The van der Waals surface area contributed by atoms with Crippen LogP contribution in [0, 0.1) is 6.92 Å². The summed E-state index contributed by atoms with van der Waals surface area (Å²) in [5.41, 5.74) is 9.04. The topological polar surface area (TPSA) is 70.5 Å². The zero-order chi connectivity index (χ0) is 20.3. The zero-order valence-electron chi connectivity index (χ0n) is 16.8. The van der Waals surface area contributed by atoms with E-state index >= 15 is 0 Å². The molecular weight excluding hydrogens is 431 g/mol. The summed E-state index contributed by atoms with van der Waals surface area (Å²) in [6.45, 7) is 1.99. The van der Waals surface area contributed by atoms with E-state index in [-0.39, 0.29) is 16.5 Å². The maximum absolute atomic E-state index is 4.71. The number of furan rings is 1. The fourth-order valence-electron chi connectivity index (χ4n) is 3.28. The molecule has 6 rings (SSSR count). The fourth-order valence-corrected chi connectivity index (χ4v) is 3.28.